The standard InChI is InChI=1S/C11H22O4Si.C9H20O4Si/c1-12-16(13-2,14-3)7-6-9-4-5-10-11(8-9)15-10;1-10-9(11-2)7-5-6-8-14(9,12-3)13-4/h9-11H,4-8H2,1-3H3;5-8H2,1-4H3. The van der Waals surface area contributed by atoms with Crippen LogP contribution in [0.5, 0.6) is 0 Å². The molecule has 0 aromatic rings. The van der Waals surface area contributed by atoms with Crippen molar-refractivity contribution in [2.45, 2.75) is 74.7 Å². The van der Waals surface area contributed by atoms with Crippen LogP contribution in [0, 0.1) is 5.92 Å². The van der Waals surface area contributed by atoms with Crippen LogP contribution in [-0.4, -0.2) is 84.8 Å². The normalized spacial score (nSPS) is 29.5. The minimum absolute atomic E-state index is 0.558. The highest BCUT2D eigenvalue weighted by Crippen LogP contribution is 2.42. The molecule has 0 radical (unpaired) electrons. The lowest BCUT2D eigenvalue weighted by molar-refractivity contribution is -0.183. The van der Waals surface area contributed by atoms with Gasteiger partial charge in [-0.15, -0.1) is 0 Å². The smallest absolute Gasteiger partial charge is 0.395 e. The monoisotopic (exact) mass is 466 g/mol. The van der Waals surface area contributed by atoms with E-state index in [0.717, 1.165) is 43.7 Å². The van der Waals surface area contributed by atoms with E-state index in [1.54, 1.807) is 49.8 Å². The third kappa shape index (κ3) is 5.72. The number of fused-ring (bicyclic) bond motifs is 1. The van der Waals surface area contributed by atoms with Crippen LogP contribution in [-0.2, 0) is 36.3 Å². The van der Waals surface area contributed by atoms with Gasteiger partial charge in [-0.3, -0.25) is 0 Å². The Balaban J connectivity index is 0.000000216. The molecule has 178 valence electrons. The second-order valence-corrected chi connectivity index (χ2v) is 14.9. The molecule has 8 nitrogen and oxygen atoms in total. The summed E-state index contributed by atoms with van der Waals surface area (Å²) in [5.74, 6) is 0.760. The summed E-state index contributed by atoms with van der Waals surface area (Å²) in [5.41, 5.74) is -0.630. The van der Waals surface area contributed by atoms with E-state index in [9.17, 15) is 0 Å². The largest absolute Gasteiger partial charge is 0.500 e. The second-order valence-electron chi connectivity index (χ2n) is 8.26. The number of ether oxygens (including phenoxy) is 3. The topological polar surface area (TPSA) is 77.1 Å². The Morgan fingerprint density at radius 3 is 1.97 bits per heavy atom. The lowest BCUT2D eigenvalue weighted by Gasteiger charge is -2.46. The van der Waals surface area contributed by atoms with Crippen molar-refractivity contribution in [1.82, 2.24) is 0 Å². The van der Waals surface area contributed by atoms with Crippen LogP contribution in [0.25, 0.3) is 0 Å². The summed E-state index contributed by atoms with van der Waals surface area (Å²) in [4.78, 5) is 0. The summed E-state index contributed by atoms with van der Waals surface area (Å²) in [6.07, 6.45) is 9.09. The summed E-state index contributed by atoms with van der Waals surface area (Å²) in [6.45, 7) is 0. The van der Waals surface area contributed by atoms with Gasteiger partial charge in [0.1, 0.15) is 0 Å². The predicted molar refractivity (Wildman–Crippen MR) is 117 cm³/mol. The number of hydrogen-bond donors (Lipinski definition) is 0. The number of methoxy groups -OCH3 is 2. The predicted octanol–water partition coefficient (Wildman–Crippen LogP) is 3.26. The first kappa shape index (κ1) is 26.4. The van der Waals surface area contributed by atoms with Gasteiger partial charge in [0.05, 0.1) is 12.2 Å². The molecule has 2 saturated heterocycles. The van der Waals surface area contributed by atoms with E-state index in [1.165, 1.54) is 19.3 Å². The molecular formula is C20H42O8Si2. The van der Waals surface area contributed by atoms with Gasteiger partial charge in [0.15, 0.2) is 0 Å². The molecule has 0 aromatic heterocycles. The van der Waals surface area contributed by atoms with E-state index in [4.69, 9.17) is 36.3 Å². The molecule has 2 heterocycles. The fourth-order valence-electron chi connectivity index (χ4n) is 4.98. The summed E-state index contributed by atoms with van der Waals surface area (Å²) in [6, 6.07) is 1.85. The molecule has 0 N–H and O–H groups in total. The molecule has 0 bridgehead atoms. The Bertz CT molecular complexity index is 469. The maximum Gasteiger partial charge on any atom is 0.500 e. The van der Waals surface area contributed by atoms with Crippen LogP contribution in [0.3, 0.4) is 0 Å². The maximum absolute atomic E-state index is 5.59. The number of rotatable bonds is 10. The SMILES string of the molecule is COC1(OC)CCCC[Si]1(OC)OC.CO[Si](CCC1CCC2OC2C1)(OC)OC. The van der Waals surface area contributed by atoms with Gasteiger partial charge in [0.25, 0.3) is 0 Å². The van der Waals surface area contributed by atoms with Gasteiger partial charge in [0.2, 0.25) is 5.41 Å². The van der Waals surface area contributed by atoms with E-state index in [2.05, 4.69) is 0 Å². The molecule has 3 unspecified atom stereocenters. The second kappa shape index (κ2) is 11.8. The van der Waals surface area contributed by atoms with Gasteiger partial charge < -0.3 is 36.3 Å². The zero-order valence-corrected chi connectivity index (χ0v) is 21.9. The first-order chi connectivity index (χ1) is 14.4. The van der Waals surface area contributed by atoms with Crippen molar-refractivity contribution in [2.75, 3.05) is 49.8 Å². The van der Waals surface area contributed by atoms with Crippen molar-refractivity contribution in [2.24, 2.45) is 5.92 Å². The number of epoxide rings is 1. The molecule has 0 aromatic carbocycles. The van der Waals surface area contributed by atoms with Crippen molar-refractivity contribution in [3.05, 3.63) is 0 Å². The summed E-state index contributed by atoms with van der Waals surface area (Å²) in [7, 11) is 7.04. The maximum atomic E-state index is 5.59. The first-order valence-electron chi connectivity index (χ1n) is 10.9. The Kier molecular flexibility index (Phi) is 10.4. The zero-order valence-electron chi connectivity index (χ0n) is 19.9. The lowest BCUT2D eigenvalue weighted by Crippen LogP contribution is -2.65. The molecule has 10 heteroatoms. The van der Waals surface area contributed by atoms with Gasteiger partial charge >= 0.3 is 17.4 Å². The molecule has 3 aliphatic rings. The van der Waals surface area contributed by atoms with Gasteiger partial charge in [-0.05, 0) is 44.1 Å². The average Bonchev–Trinajstić information content (AvgIpc) is 3.59. The van der Waals surface area contributed by atoms with Crippen molar-refractivity contribution in [3.8, 4) is 0 Å². The first-order valence-corrected chi connectivity index (χ1v) is 14.9. The quantitative estimate of drug-likeness (QED) is 0.276. The minimum Gasteiger partial charge on any atom is -0.395 e. The average molecular weight is 467 g/mol. The molecule has 30 heavy (non-hydrogen) atoms. The van der Waals surface area contributed by atoms with E-state index < -0.39 is 22.8 Å². The fourth-order valence-corrected chi connectivity index (χ4v) is 10.3. The van der Waals surface area contributed by atoms with Crippen LogP contribution in [0.2, 0.25) is 12.1 Å². The van der Waals surface area contributed by atoms with Crippen LogP contribution in [0.1, 0.15) is 44.9 Å². The molecule has 0 amide bonds. The zero-order chi connectivity index (χ0) is 22.3. The van der Waals surface area contributed by atoms with Crippen molar-refractivity contribution >= 4 is 17.4 Å². The minimum atomic E-state index is -2.35. The summed E-state index contributed by atoms with van der Waals surface area (Å²) in [5, 5.41) is 0. The van der Waals surface area contributed by atoms with Crippen molar-refractivity contribution in [3.63, 3.8) is 0 Å². The third-order valence-electron chi connectivity index (χ3n) is 7.07. The molecule has 0 spiro atoms. The van der Waals surface area contributed by atoms with Gasteiger partial charge in [-0.1, -0.05) is 6.42 Å². The molecule has 2 aliphatic heterocycles. The van der Waals surface area contributed by atoms with Crippen molar-refractivity contribution in [1.29, 1.82) is 0 Å². The molecule has 3 atom stereocenters. The van der Waals surface area contributed by atoms with E-state index in [1.807, 2.05) is 0 Å². The van der Waals surface area contributed by atoms with Gasteiger partial charge in [0, 0.05) is 62.2 Å². The summed E-state index contributed by atoms with van der Waals surface area (Å²) < 4.78 is 44.0. The Labute approximate surface area is 184 Å². The van der Waals surface area contributed by atoms with E-state index >= 15 is 0 Å². The Morgan fingerprint density at radius 2 is 1.50 bits per heavy atom. The van der Waals surface area contributed by atoms with Crippen LogP contribution >= 0.6 is 0 Å². The van der Waals surface area contributed by atoms with Gasteiger partial charge in [-0.2, -0.15) is 0 Å². The number of hydrogen-bond acceptors (Lipinski definition) is 8. The molecule has 3 fully saturated rings. The van der Waals surface area contributed by atoms with Gasteiger partial charge in [-0.25, -0.2) is 0 Å². The highest BCUT2D eigenvalue weighted by atomic mass is 28.4. The third-order valence-corrected chi connectivity index (χ3v) is 14.0. The highest BCUT2D eigenvalue weighted by molar-refractivity contribution is 6.70. The highest BCUT2D eigenvalue weighted by Gasteiger charge is 2.60. The molecule has 3 rings (SSSR count). The van der Waals surface area contributed by atoms with E-state index in [0.29, 0.717) is 12.2 Å². The van der Waals surface area contributed by atoms with E-state index in [-0.39, 0.29) is 0 Å². The fraction of sp³-hybridized carbons (Fsp3) is 1.00. The van der Waals surface area contributed by atoms with Crippen LogP contribution < -0.4 is 0 Å². The molecular weight excluding hydrogens is 424 g/mol. The summed E-state index contributed by atoms with van der Waals surface area (Å²) >= 11 is 0. The van der Waals surface area contributed by atoms with Crippen LogP contribution in [0.4, 0.5) is 0 Å². The Morgan fingerprint density at radius 1 is 0.867 bits per heavy atom. The Hall–Kier alpha value is 0.114. The lowest BCUT2D eigenvalue weighted by atomic mass is 9.88. The molecule has 1 saturated carbocycles. The van der Waals surface area contributed by atoms with Crippen molar-refractivity contribution < 1.29 is 36.3 Å². The molecule has 1 aliphatic carbocycles. The van der Waals surface area contributed by atoms with Crippen LogP contribution in [0.15, 0.2) is 0 Å².